The van der Waals surface area contributed by atoms with E-state index in [0.717, 1.165) is 15.2 Å². The predicted molar refractivity (Wildman–Crippen MR) is 174 cm³/mol. The number of likely N-dealkylation sites (N-methyl/N-ethyl adjacent to an activating group) is 2. The minimum absolute atomic E-state index is 0.0156. The fraction of sp³-hybridized carbons (Fsp3) is 0.364. The second kappa shape index (κ2) is 13.8. The Morgan fingerprint density at radius 1 is 0.911 bits per heavy atom. The van der Waals surface area contributed by atoms with Crippen molar-refractivity contribution in [1.29, 1.82) is 0 Å². The zero-order valence-electron chi connectivity index (χ0n) is 26.9. The normalized spacial score (nSPS) is 11.5. The van der Waals surface area contributed by atoms with Gasteiger partial charge < -0.3 is 29.9 Å². The lowest BCUT2D eigenvalue weighted by molar-refractivity contribution is -0.130. The first kappa shape index (κ1) is 34.5. The Hall–Kier alpha value is -4.97. The summed E-state index contributed by atoms with van der Waals surface area (Å²) >= 11 is 0. The molecule has 0 bridgehead atoms. The number of para-hydroxylation sites is 1. The molecule has 2 aromatic carbocycles. The van der Waals surface area contributed by atoms with Crippen molar-refractivity contribution in [3.63, 3.8) is 0 Å². The zero-order valence-corrected chi connectivity index (χ0v) is 26.9. The molecule has 0 aliphatic carbocycles. The molecular weight excluding hydrogens is 578 g/mol. The van der Waals surface area contributed by atoms with E-state index < -0.39 is 29.2 Å². The fourth-order valence-corrected chi connectivity index (χ4v) is 4.64. The number of nitrogens with one attached hydrogen (secondary N) is 2. The van der Waals surface area contributed by atoms with E-state index >= 15 is 0 Å². The predicted octanol–water partition coefficient (Wildman–Crippen LogP) is 5.04. The van der Waals surface area contributed by atoms with Crippen molar-refractivity contribution >= 4 is 51.3 Å². The number of pyridine rings is 1. The number of fused-ring (bicyclic) bond motifs is 2. The molecule has 0 unspecified atom stereocenters. The summed E-state index contributed by atoms with van der Waals surface area (Å²) in [6.07, 6.45) is 1.66. The second-order valence-corrected chi connectivity index (χ2v) is 12.6. The highest BCUT2D eigenvalue weighted by Gasteiger charge is 2.21. The number of amides is 3. The van der Waals surface area contributed by atoms with Gasteiger partial charge >= 0.3 is 6.09 Å². The lowest BCUT2D eigenvalue weighted by Gasteiger charge is -2.30. The van der Waals surface area contributed by atoms with Crippen molar-refractivity contribution in [2.75, 3.05) is 32.5 Å². The first-order chi connectivity index (χ1) is 20.9. The summed E-state index contributed by atoms with van der Waals surface area (Å²) in [5.41, 5.74) is 1.01. The Morgan fingerprint density at radius 3 is 2.16 bits per heavy atom. The summed E-state index contributed by atoms with van der Waals surface area (Å²) in [5, 5.41) is 12.7. The van der Waals surface area contributed by atoms with Crippen LogP contribution in [-0.4, -0.2) is 86.7 Å². The van der Waals surface area contributed by atoms with Crippen molar-refractivity contribution in [3.05, 3.63) is 76.7 Å². The van der Waals surface area contributed by atoms with Crippen LogP contribution in [0.1, 0.15) is 56.7 Å². The number of aromatic amines is 1. The number of carboxylic acid groups (broad SMARTS) is 1. The number of ether oxygens (including phenoxy) is 1. The van der Waals surface area contributed by atoms with Crippen LogP contribution in [0.4, 0.5) is 10.5 Å². The van der Waals surface area contributed by atoms with E-state index in [1.165, 1.54) is 24.9 Å². The number of aromatic nitrogens is 2. The summed E-state index contributed by atoms with van der Waals surface area (Å²) < 4.78 is 6.97. The van der Waals surface area contributed by atoms with Crippen molar-refractivity contribution in [3.8, 4) is 0 Å². The molecule has 2 aromatic heterocycles. The molecule has 0 fully saturated rings. The highest BCUT2D eigenvalue weighted by Crippen LogP contribution is 2.22. The van der Waals surface area contributed by atoms with Gasteiger partial charge in [0.1, 0.15) is 18.7 Å². The van der Waals surface area contributed by atoms with Gasteiger partial charge in [0, 0.05) is 48.5 Å². The molecule has 4 aromatic rings. The van der Waals surface area contributed by atoms with Gasteiger partial charge in [-0.3, -0.25) is 23.7 Å². The second-order valence-electron chi connectivity index (χ2n) is 12.6. The van der Waals surface area contributed by atoms with Crippen LogP contribution in [0.2, 0.25) is 0 Å². The minimum atomic E-state index is -1.25. The van der Waals surface area contributed by atoms with Gasteiger partial charge in [-0.15, -0.1) is 0 Å². The smallest absolute Gasteiger partial charge is 0.407 e. The molecule has 12 heteroatoms. The van der Waals surface area contributed by atoms with Crippen LogP contribution in [0.25, 0.3) is 21.8 Å². The number of H-pyrrole nitrogens is 1. The molecule has 0 saturated heterocycles. The van der Waals surface area contributed by atoms with Crippen LogP contribution < -0.4 is 10.7 Å². The van der Waals surface area contributed by atoms with Gasteiger partial charge in [0.2, 0.25) is 11.3 Å². The number of rotatable bonds is 6. The van der Waals surface area contributed by atoms with Crippen LogP contribution in [0.15, 0.2) is 65.7 Å². The first-order valence-corrected chi connectivity index (χ1v) is 14.3. The summed E-state index contributed by atoms with van der Waals surface area (Å²) in [6.45, 7) is 11.7. The van der Waals surface area contributed by atoms with E-state index in [1.54, 1.807) is 54.7 Å². The van der Waals surface area contributed by atoms with E-state index in [0.29, 0.717) is 22.1 Å². The summed E-state index contributed by atoms with van der Waals surface area (Å²) in [5.74, 6) is -1.55. The number of anilines is 1. The lowest BCUT2D eigenvalue weighted by Crippen LogP contribution is -2.41. The molecule has 0 spiro atoms. The minimum Gasteiger partial charge on any atom is -0.465 e. The molecule has 4 rings (SSSR count). The van der Waals surface area contributed by atoms with E-state index in [-0.39, 0.29) is 29.9 Å². The lowest BCUT2D eigenvalue weighted by atomic mass is 10.1. The van der Waals surface area contributed by atoms with Crippen LogP contribution in [-0.2, 0) is 9.53 Å². The largest absolute Gasteiger partial charge is 0.465 e. The topological polar surface area (TPSA) is 154 Å². The quantitative estimate of drug-likeness (QED) is 0.273. The number of hydrogen-bond donors (Lipinski definition) is 3. The average molecular weight is 620 g/mol. The molecule has 0 aliphatic rings. The molecule has 0 aliphatic heterocycles. The maximum atomic E-state index is 12.9. The van der Waals surface area contributed by atoms with E-state index in [9.17, 15) is 24.0 Å². The van der Waals surface area contributed by atoms with Crippen LogP contribution >= 0.6 is 0 Å². The third-order valence-electron chi connectivity index (χ3n) is 6.36. The number of carbonyl (C=O) groups is 4. The van der Waals surface area contributed by atoms with Gasteiger partial charge in [0.05, 0.1) is 16.7 Å². The number of benzene rings is 2. The summed E-state index contributed by atoms with van der Waals surface area (Å²) in [6, 6.07) is 13.6. The van der Waals surface area contributed by atoms with Crippen molar-refractivity contribution in [2.45, 2.75) is 52.7 Å². The van der Waals surface area contributed by atoms with E-state index in [4.69, 9.17) is 9.84 Å². The molecular formula is C33H41N5O7. The third-order valence-corrected chi connectivity index (χ3v) is 6.36. The Labute approximate surface area is 261 Å². The molecule has 45 heavy (non-hydrogen) atoms. The Kier molecular flexibility index (Phi) is 10.6. The molecule has 12 nitrogen and oxygen atoms in total. The third kappa shape index (κ3) is 9.51. The zero-order chi connectivity index (χ0) is 33.7. The first-order valence-electron chi connectivity index (χ1n) is 14.3. The maximum Gasteiger partial charge on any atom is 0.407 e. The summed E-state index contributed by atoms with van der Waals surface area (Å²) in [7, 11) is 2.67. The monoisotopic (exact) mass is 619 g/mol. The fourth-order valence-electron chi connectivity index (χ4n) is 4.64. The van der Waals surface area contributed by atoms with Crippen LogP contribution in [0.5, 0.6) is 0 Å². The molecule has 2 heterocycles. The van der Waals surface area contributed by atoms with Crippen LogP contribution in [0.3, 0.4) is 0 Å². The number of carbonyl (C=O) groups excluding carboxylic acids is 3. The van der Waals surface area contributed by atoms with E-state index in [1.807, 2.05) is 0 Å². The van der Waals surface area contributed by atoms with Gasteiger partial charge in [-0.2, -0.15) is 0 Å². The highest BCUT2D eigenvalue weighted by atomic mass is 16.5. The number of nitrogens with zero attached hydrogens (tertiary/aromatic N) is 3. The number of hydrogen-bond acceptors (Lipinski definition) is 6. The van der Waals surface area contributed by atoms with E-state index in [2.05, 4.69) is 51.8 Å². The summed E-state index contributed by atoms with van der Waals surface area (Å²) in [4.78, 5) is 66.5. The van der Waals surface area contributed by atoms with Crippen molar-refractivity contribution in [2.24, 2.45) is 0 Å². The average Bonchev–Trinajstić information content (AvgIpc) is 3.35. The van der Waals surface area contributed by atoms with Crippen LogP contribution in [0, 0.1) is 0 Å². The Balaban J connectivity index is 0.000000535. The molecule has 3 amide bonds. The van der Waals surface area contributed by atoms with Gasteiger partial charge in [-0.1, -0.05) is 18.2 Å². The van der Waals surface area contributed by atoms with Crippen molar-refractivity contribution in [1.82, 2.24) is 19.4 Å². The SMILES string of the molecule is CC(C)(C)OC(C)(C)C.CN(CC(=O)N(C)CC(=O)n1ccc2ccc(NC(=O)c3c[nH]c4ccccc4c3=O)cc21)C(=O)O. The van der Waals surface area contributed by atoms with Gasteiger partial charge in [-0.05, 0) is 71.9 Å². The highest BCUT2D eigenvalue weighted by molar-refractivity contribution is 6.07. The standard InChI is InChI=1S/C25H23N5O6.C8H18O/c1-28(21(31)13-29(2)25(35)36)14-22(32)30-10-9-15-7-8-16(11-20(15)30)27-24(34)18-12-26-19-6-4-3-5-17(19)23(18)33;1-7(2,3)9-8(4,5)6/h3-12H,13-14H2,1-2H3,(H,26,33)(H,27,34)(H,35,36);1-6H3. The Morgan fingerprint density at radius 2 is 1.56 bits per heavy atom. The molecule has 240 valence electrons. The Bertz CT molecular complexity index is 1760. The molecule has 0 saturated carbocycles. The molecule has 3 N–H and O–H groups in total. The maximum absolute atomic E-state index is 12.9. The molecule has 0 atom stereocenters. The molecule has 0 radical (unpaired) electrons. The van der Waals surface area contributed by atoms with Gasteiger partial charge in [0.25, 0.3) is 11.8 Å². The van der Waals surface area contributed by atoms with Crippen molar-refractivity contribution < 1.29 is 29.0 Å². The van der Waals surface area contributed by atoms with Gasteiger partial charge in [0.15, 0.2) is 0 Å². The van der Waals surface area contributed by atoms with Gasteiger partial charge in [-0.25, -0.2) is 4.79 Å².